The maximum absolute atomic E-state index is 12.8. The molecule has 11 heteroatoms. The second-order valence-corrected chi connectivity index (χ2v) is 11.7. The van der Waals surface area contributed by atoms with Crippen molar-refractivity contribution in [2.75, 3.05) is 11.6 Å². The van der Waals surface area contributed by atoms with Gasteiger partial charge in [0.25, 0.3) is 15.2 Å². The number of thiocarbonyl (C=S) groups is 1. The number of benzene rings is 1. The van der Waals surface area contributed by atoms with E-state index in [2.05, 4.69) is 5.32 Å². The van der Waals surface area contributed by atoms with Crippen LogP contribution in [0, 0.1) is 0 Å². The monoisotopic (exact) mass is 446 g/mol. The zero-order valence-corrected chi connectivity index (χ0v) is 17.8. The summed E-state index contributed by atoms with van der Waals surface area (Å²) in [5, 5.41) is 4.84. The SMILES string of the molecule is CC1Cc2cc(CN(S(C)(=O)=O)S(=O)(=O)c3cccs3)ccc2NC(=S)O1. The molecule has 3 rings (SSSR count). The number of hydrogen-bond donors (Lipinski definition) is 1. The Morgan fingerprint density at radius 3 is 2.67 bits per heavy atom. The van der Waals surface area contributed by atoms with Crippen LogP contribution in [0.25, 0.3) is 0 Å². The standard InChI is InChI=1S/C16H18N2O5S4/c1-11-8-13-9-12(5-6-14(13)17-16(24)23-11)10-18(26(2,19)20)27(21,22)15-4-3-7-25-15/h3-7,9,11H,8,10H2,1-2H3,(H,17,24). The largest absolute Gasteiger partial charge is 0.467 e. The third-order valence-electron chi connectivity index (χ3n) is 3.92. The molecular formula is C16H18N2O5S4. The van der Waals surface area contributed by atoms with Crippen molar-refractivity contribution in [3.8, 4) is 0 Å². The molecule has 1 aromatic heterocycles. The van der Waals surface area contributed by atoms with E-state index in [0.29, 0.717) is 15.7 Å². The van der Waals surface area contributed by atoms with E-state index in [0.717, 1.165) is 28.8 Å². The molecule has 27 heavy (non-hydrogen) atoms. The predicted molar refractivity (Wildman–Crippen MR) is 109 cm³/mol. The molecule has 1 aliphatic rings. The van der Waals surface area contributed by atoms with E-state index in [-0.39, 0.29) is 22.0 Å². The average Bonchev–Trinajstić information content (AvgIpc) is 3.04. The number of fused-ring (bicyclic) bond motifs is 1. The fraction of sp³-hybridized carbons (Fsp3) is 0.312. The van der Waals surface area contributed by atoms with Crippen LogP contribution < -0.4 is 5.32 Å². The van der Waals surface area contributed by atoms with Gasteiger partial charge in [0, 0.05) is 12.1 Å². The summed E-state index contributed by atoms with van der Waals surface area (Å²) in [6.45, 7) is 1.59. The molecule has 2 aromatic rings. The van der Waals surface area contributed by atoms with Crippen molar-refractivity contribution < 1.29 is 21.6 Å². The Bertz CT molecular complexity index is 1060. The Labute approximate surface area is 168 Å². The van der Waals surface area contributed by atoms with E-state index in [9.17, 15) is 16.8 Å². The van der Waals surface area contributed by atoms with Gasteiger partial charge in [0.15, 0.2) is 0 Å². The van der Waals surface area contributed by atoms with Gasteiger partial charge >= 0.3 is 0 Å². The van der Waals surface area contributed by atoms with Crippen LogP contribution in [0.15, 0.2) is 39.9 Å². The Hall–Kier alpha value is -1.53. The molecule has 0 fully saturated rings. The summed E-state index contributed by atoms with van der Waals surface area (Å²) in [5.41, 5.74) is 2.20. The molecule has 0 radical (unpaired) electrons. The lowest BCUT2D eigenvalue weighted by Gasteiger charge is -2.20. The normalized spacial score (nSPS) is 17.7. The lowest BCUT2D eigenvalue weighted by Crippen LogP contribution is -2.35. The van der Waals surface area contributed by atoms with Crippen LogP contribution >= 0.6 is 23.6 Å². The molecule has 0 amide bonds. The first-order valence-electron chi connectivity index (χ1n) is 7.93. The Kier molecular flexibility index (Phi) is 5.59. The number of hydrogen-bond acceptors (Lipinski definition) is 7. The first kappa shape index (κ1) is 20.2. The molecule has 1 unspecified atom stereocenters. The molecule has 7 nitrogen and oxygen atoms in total. The van der Waals surface area contributed by atoms with Gasteiger partial charge in [-0.1, -0.05) is 21.9 Å². The van der Waals surface area contributed by atoms with Gasteiger partial charge in [0.1, 0.15) is 10.3 Å². The van der Waals surface area contributed by atoms with Gasteiger partial charge in [0.05, 0.1) is 12.8 Å². The number of sulfonamides is 2. The van der Waals surface area contributed by atoms with E-state index < -0.39 is 20.0 Å². The van der Waals surface area contributed by atoms with Gasteiger partial charge in [0.2, 0.25) is 10.0 Å². The second-order valence-electron chi connectivity index (χ2n) is 6.17. The number of rotatable bonds is 5. The highest BCUT2D eigenvalue weighted by atomic mass is 32.3. The third kappa shape index (κ3) is 4.49. The first-order valence-corrected chi connectivity index (χ1v) is 12.5. The van der Waals surface area contributed by atoms with Crippen LogP contribution in [0.3, 0.4) is 0 Å². The molecule has 2 heterocycles. The molecule has 0 spiro atoms. The summed E-state index contributed by atoms with van der Waals surface area (Å²) >= 11 is 6.07. The fourth-order valence-electron chi connectivity index (χ4n) is 2.75. The minimum Gasteiger partial charge on any atom is -0.467 e. The van der Waals surface area contributed by atoms with Crippen LogP contribution in [0.5, 0.6) is 0 Å². The second kappa shape index (κ2) is 7.47. The summed E-state index contributed by atoms with van der Waals surface area (Å²) in [4.78, 5) is 0. The quantitative estimate of drug-likeness (QED) is 0.706. The summed E-state index contributed by atoms with van der Waals surface area (Å²) in [6.07, 6.45) is 1.30. The van der Waals surface area contributed by atoms with Crippen LogP contribution in [0.2, 0.25) is 0 Å². The van der Waals surface area contributed by atoms with Crippen molar-refractivity contribution in [1.82, 2.24) is 3.71 Å². The van der Waals surface area contributed by atoms with E-state index >= 15 is 0 Å². The highest BCUT2D eigenvalue weighted by Crippen LogP contribution is 2.28. The molecule has 0 saturated heterocycles. The Morgan fingerprint density at radius 1 is 1.30 bits per heavy atom. The molecule has 1 aliphatic heterocycles. The van der Waals surface area contributed by atoms with E-state index in [1.807, 2.05) is 6.92 Å². The Morgan fingerprint density at radius 2 is 2.04 bits per heavy atom. The molecule has 0 aliphatic carbocycles. The molecule has 1 atom stereocenters. The zero-order chi connectivity index (χ0) is 19.8. The Balaban J connectivity index is 1.98. The van der Waals surface area contributed by atoms with Gasteiger partial charge in [-0.3, -0.25) is 0 Å². The smallest absolute Gasteiger partial charge is 0.265 e. The van der Waals surface area contributed by atoms with Crippen molar-refractivity contribution in [3.63, 3.8) is 0 Å². The topological polar surface area (TPSA) is 92.8 Å². The number of nitrogens with one attached hydrogen (secondary N) is 1. The number of anilines is 1. The molecule has 1 aromatic carbocycles. The minimum atomic E-state index is -4.16. The number of nitrogens with zero attached hydrogens (tertiary/aromatic N) is 1. The van der Waals surface area contributed by atoms with Gasteiger partial charge in [-0.25, -0.2) is 16.8 Å². The van der Waals surface area contributed by atoms with Crippen molar-refractivity contribution in [1.29, 1.82) is 0 Å². The summed E-state index contributed by atoms with van der Waals surface area (Å²) in [7, 11) is -8.16. The molecule has 0 saturated carbocycles. The van der Waals surface area contributed by atoms with E-state index in [4.69, 9.17) is 17.0 Å². The van der Waals surface area contributed by atoms with Crippen molar-refractivity contribution in [3.05, 3.63) is 46.8 Å². The van der Waals surface area contributed by atoms with Crippen molar-refractivity contribution in [2.45, 2.75) is 30.2 Å². The summed E-state index contributed by atoms with van der Waals surface area (Å²) < 4.78 is 56.0. The maximum Gasteiger partial charge on any atom is 0.265 e. The highest BCUT2D eigenvalue weighted by molar-refractivity contribution is 8.04. The lowest BCUT2D eigenvalue weighted by molar-refractivity contribution is 0.217. The number of thiophene rings is 1. The molecular weight excluding hydrogens is 428 g/mol. The minimum absolute atomic E-state index is 0.0169. The summed E-state index contributed by atoms with van der Waals surface area (Å²) in [6, 6.07) is 8.15. The maximum atomic E-state index is 12.8. The van der Waals surface area contributed by atoms with E-state index in [1.54, 1.807) is 29.6 Å². The molecule has 146 valence electrons. The highest BCUT2D eigenvalue weighted by Gasteiger charge is 2.33. The average molecular weight is 447 g/mol. The lowest BCUT2D eigenvalue weighted by atomic mass is 10.0. The van der Waals surface area contributed by atoms with Crippen molar-refractivity contribution >= 4 is 54.5 Å². The van der Waals surface area contributed by atoms with Gasteiger partial charge in [-0.2, -0.15) is 0 Å². The van der Waals surface area contributed by atoms with Gasteiger partial charge < -0.3 is 10.1 Å². The van der Waals surface area contributed by atoms with Crippen LogP contribution in [-0.4, -0.2) is 38.1 Å². The first-order chi connectivity index (χ1) is 12.6. The number of ether oxygens (including phenoxy) is 1. The van der Waals surface area contributed by atoms with E-state index in [1.165, 1.54) is 6.07 Å². The molecule has 1 N–H and O–H groups in total. The summed E-state index contributed by atoms with van der Waals surface area (Å²) in [5.74, 6) is 0. The predicted octanol–water partition coefficient (Wildman–Crippen LogP) is 2.56. The van der Waals surface area contributed by atoms with Crippen LogP contribution in [0.1, 0.15) is 18.1 Å². The van der Waals surface area contributed by atoms with Gasteiger partial charge in [-0.15, -0.1) is 11.3 Å². The van der Waals surface area contributed by atoms with Gasteiger partial charge in [-0.05, 0) is 47.8 Å². The fourth-order valence-corrected chi connectivity index (χ4v) is 7.36. The van der Waals surface area contributed by atoms with Crippen LogP contribution in [-0.2, 0) is 37.7 Å². The van der Waals surface area contributed by atoms with Crippen LogP contribution in [0.4, 0.5) is 5.69 Å². The zero-order valence-electron chi connectivity index (χ0n) is 14.6. The van der Waals surface area contributed by atoms with Crippen molar-refractivity contribution in [2.24, 2.45) is 0 Å². The third-order valence-corrected chi connectivity index (χ3v) is 9.28. The molecule has 0 bridgehead atoms.